The molecule has 0 saturated heterocycles. The number of Topliss-reactive ketones (excluding diaryl/α,β-unsaturated/α-hetero) is 8. The Labute approximate surface area is 745 Å². The number of rotatable bonds is 36. The van der Waals surface area contributed by atoms with Crippen molar-refractivity contribution in [3.05, 3.63) is 0 Å². The van der Waals surface area contributed by atoms with Gasteiger partial charge in [0.15, 0.2) is 0 Å². The molecule has 0 fully saturated rings. The molecule has 0 rings (SSSR count). The van der Waals surface area contributed by atoms with E-state index in [4.69, 9.17) is 40.9 Å². The fourth-order valence-corrected chi connectivity index (χ4v) is 4.52. The number of carboxylic acid groups (broad SMARTS) is 8. The molecular weight excluding hydrogens is 1790 g/mol. The van der Waals surface area contributed by atoms with Crippen LogP contribution in [-0.2, 0) is 182 Å². The van der Waals surface area contributed by atoms with Gasteiger partial charge in [-0.05, 0) is 149 Å². The molecule has 0 amide bonds. The molecule has 0 aliphatic carbocycles. The van der Waals surface area contributed by atoms with Crippen molar-refractivity contribution in [3.63, 3.8) is 0 Å². The first-order chi connectivity index (χ1) is 49.2. The van der Waals surface area contributed by atoms with Gasteiger partial charge in [-0.2, -0.15) is 0 Å². The summed E-state index contributed by atoms with van der Waals surface area (Å²) in [5, 5.41) is 143. The molecule has 0 saturated carbocycles. The van der Waals surface area contributed by atoms with Gasteiger partial charge >= 0.3 is 105 Å². The molecule has 0 radical (unpaired) electrons. The maximum absolute atomic E-state index is 10.7. The van der Waals surface area contributed by atoms with Crippen molar-refractivity contribution < 1.29 is 263 Å². The molecule has 0 heterocycles. The first kappa shape index (κ1) is 160. The van der Waals surface area contributed by atoms with E-state index in [1.54, 1.807) is 125 Å². The standard InChI is InChI=1S/2C8H14O3.2C7H12O3.2C6H10O3.2C5H8O3.8C3H8O.4Zr/c2*1-2-3-4-5-7(9)6-8(10)11;2*1-2-3-4-6(8)5-7(9)10;2*1-2-3-5(7)4-6(8)9;2*1-2-4(6)3-5(7)8;8*1-3(2)4;;;;/h2*2-6H2,1H3,(H,10,11);2*2-5H2,1H3,(H,9,10);2*2-4H2,1H3,(H,8,9);2*2-3H2,1H3,(H,7,8);8*3-4H,1-2H3;;;;/q;;;;;;;;;;;;;;;;4*+2/p-8. The summed E-state index contributed by atoms with van der Waals surface area (Å²) in [6.07, 6.45) is 8.30. The molecule has 656 valence electrons. The fraction of sp³-hybridized carbons (Fsp3) is 0.789. The summed E-state index contributed by atoms with van der Waals surface area (Å²) in [4.78, 5) is 162. The Hall–Kier alpha value is -3.67. The van der Waals surface area contributed by atoms with E-state index < -0.39 is 99.1 Å². The number of hydrogen-bond acceptors (Lipinski definition) is 32. The summed E-state index contributed by atoms with van der Waals surface area (Å²) in [5.74, 6) is -12.2. The second-order valence-corrected chi connectivity index (χ2v) is 24.8. The zero-order valence-electron chi connectivity index (χ0n) is 71.8. The number of unbranched alkanes of at least 4 members (excludes halogenated alkanes) is 6. The first-order valence-corrected chi connectivity index (χ1v) is 36.3. The van der Waals surface area contributed by atoms with Gasteiger partial charge in [-0.25, -0.2) is 0 Å². The van der Waals surface area contributed by atoms with Gasteiger partial charge in [0, 0.05) is 199 Å². The smallest absolute Gasteiger partial charge is 0.550 e. The van der Waals surface area contributed by atoms with Gasteiger partial charge in [0.05, 0.1) is 0 Å². The van der Waals surface area contributed by atoms with E-state index >= 15 is 0 Å². The molecule has 0 aromatic heterocycles. The van der Waals surface area contributed by atoms with Crippen molar-refractivity contribution in [3.8, 4) is 0 Å². The molecule has 0 aliphatic rings. The van der Waals surface area contributed by atoms with Gasteiger partial charge < -0.3 is 120 Å². The molecule has 112 heavy (non-hydrogen) atoms. The average molecular weight is 1930 g/mol. The van der Waals surface area contributed by atoms with Crippen LogP contribution in [0, 0.1) is 0 Å². The minimum atomic E-state index is -1.29. The number of carbonyl (C=O) groups excluding carboxylic acids is 16. The van der Waals surface area contributed by atoms with E-state index in [0.29, 0.717) is 51.4 Å². The molecule has 8 N–H and O–H groups in total. The molecule has 32 nitrogen and oxygen atoms in total. The summed E-state index contributed by atoms with van der Waals surface area (Å²) < 4.78 is 0. The van der Waals surface area contributed by atoms with E-state index in [-0.39, 0.29) is 213 Å². The second-order valence-electron chi connectivity index (χ2n) is 24.8. The van der Waals surface area contributed by atoms with Crippen LogP contribution in [0.25, 0.3) is 0 Å². The van der Waals surface area contributed by atoms with Gasteiger partial charge in [0.2, 0.25) is 0 Å². The Morgan fingerprint density at radius 2 is 0.295 bits per heavy atom. The minimum Gasteiger partial charge on any atom is -0.550 e. The van der Waals surface area contributed by atoms with Crippen LogP contribution in [-0.4, -0.2) is 184 Å². The quantitative estimate of drug-likeness (QED) is 0.0315. The summed E-state index contributed by atoms with van der Waals surface area (Å²) in [6.45, 7) is 42.4. The van der Waals surface area contributed by atoms with Crippen LogP contribution in [0.1, 0.15) is 346 Å². The normalized spacial score (nSPS) is 8.79. The van der Waals surface area contributed by atoms with Crippen LogP contribution in [0.15, 0.2) is 0 Å². The van der Waals surface area contributed by atoms with E-state index in [0.717, 1.165) is 64.2 Å². The van der Waals surface area contributed by atoms with E-state index in [2.05, 4.69) is 0 Å². The van der Waals surface area contributed by atoms with Gasteiger partial charge in [0.1, 0.15) is 46.3 Å². The minimum absolute atomic E-state index is 0. The molecule has 0 atom stereocenters. The topological polar surface area (TPSA) is 619 Å². The Bertz CT molecular complexity index is 1960. The van der Waals surface area contributed by atoms with Crippen LogP contribution in [0.2, 0.25) is 0 Å². The van der Waals surface area contributed by atoms with Crippen LogP contribution < -0.4 is 40.9 Å². The largest absolute Gasteiger partial charge is 2.00 e. The van der Waals surface area contributed by atoms with Gasteiger partial charge in [-0.3, -0.25) is 38.4 Å². The van der Waals surface area contributed by atoms with Crippen molar-refractivity contribution in [2.75, 3.05) is 0 Å². The summed E-state index contributed by atoms with van der Waals surface area (Å²) in [7, 11) is 0. The second kappa shape index (κ2) is 131. The van der Waals surface area contributed by atoms with Crippen molar-refractivity contribution >= 4 is 94.0 Å². The molecule has 0 unspecified atom stereocenters. The van der Waals surface area contributed by atoms with Gasteiger partial charge in [-0.15, -0.1) is 0 Å². The van der Waals surface area contributed by atoms with Crippen LogP contribution in [0.4, 0.5) is 0 Å². The third-order valence-corrected chi connectivity index (χ3v) is 8.32. The zero-order valence-corrected chi connectivity index (χ0v) is 81.6. The number of carboxylic acids is 8. The summed E-state index contributed by atoms with van der Waals surface area (Å²) in [5.41, 5.74) is 0. The summed E-state index contributed by atoms with van der Waals surface area (Å²) >= 11 is 0. The third kappa shape index (κ3) is 372. The predicted octanol–water partition coefficient (Wildman–Crippen LogP) is 0.612. The van der Waals surface area contributed by atoms with Gasteiger partial charge in [-0.1, -0.05) is 93.9 Å². The Balaban J connectivity index is -0.0000000453. The van der Waals surface area contributed by atoms with E-state index in [9.17, 15) is 118 Å². The van der Waals surface area contributed by atoms with Gasteiger partial charge in [0.25, 0.3) is 0 Å². The predicted molar refractivity (Wildman–Crippen MR) is 394 cm³/mol. The Morgan fingerprint density at radius 1 is 0.188 bits per heavy atom. The molecule has 0 aliphatic heterocycles. The number of aliphatic carboxylic acids is 8. The van der Waals surface area contributed by atoms with Crippen molar-refractivity contribution in [2.45, 2.75) is 395 Å². The van der Waals surface area contributed by atoms with E-state index in [1.807, 2.05) is 41.5 Å². The Morgan fingerprint density at radius 3 is 0.384 bits per heavy atom. The van der Waals surface area contributed by atoms with Crippen molar-refractivity contribution in [2.24, 2.45) is 0 Å². The number of aliphatic hydroxyl groups is 8. The van der Waals surface area contributed by atoms with Crippen molar-refractivity contribution in [1.29, 1.82) is 0 Å². The molecule has 0 bridgehead atoms. The number of ketones is 8. The number of carbonyl (C=O) groups is 16. The van der Waals surface area contributed by atoms with Crippen molar-refractivity contribution in [1.82, 2.24) is 0 Å². The Kier molecular flexibility index (Phi) is 187. The molecule has 0 spiro atoms. The van der Waals surface area contributed by atoms with E-state index in [1.165, 1.54) is 0 Å². The summed E-state index contributed by atoms with van der Waals surface area (Å²) in [6, 6.07) is 0. The van der Waals surface area contributed by atoms with Crippen LogP contribution in [0.5, 0.6) is 0 Å². The SMILES string of the molecule is CC(C)O.CC(C)O.CC(C)O.CC(C)O.CC(C)O.CC(C)O.CC(C)O.CC(C)O.CCC(=O)CC(=O)[O-].CCC(=O)CC(=O)[O-].CCCC(=O)CC(=O)[O-].CCCC(=O)CC(=O)[O-].CCCCC(=O)CC(=O)[O-].CCCCC(=O)CC(=O)[O-].CCCCCC(=O)CC(=O)[O-].CCCCCC(=O)CC(=O)[O-].[Zr+2].[Zr+2].[Zr+2].[Zr+2]. The maximum atomic E-state index is 10.7. The zero-order chi connectivity index (χ0) is 89.7. The molecular formula is C76H144O32Zr4. The maximum Gasteiger partial charge on any atom is 2.00 e. The number of aliphatic hydroxyl groups excluding tert-OH is 8. The van der Waals surface area contributed by atoms with Crippen LogP contribution >= 0.6 is 0 Å². The monoisotopic (exact) mass is 1930 g/mol. The molecule has 0 aromatic carbocycles. The third-order valence-electron chi connectivity index (χ3n) is 8.32. The number of hydrogen-bond donors (Lipinski definition) is 8. The molecule has 0 aromatic rings. The fourth-order valence-electron chi connectivity index (χ4n) is 4.52. The molecule has 36 heteroatoms. The van der Waals surface area contributed by atoms with Crippen LogP contribution in [0.3, 0.4) is 0 Å². The first-order valence-electron chi connectivity index (χ1n) is 36.3. The average Bonchev–Trinajstić information content (AvgIpc) is 1.07.